The van der Waals surface area contributed by atoms with Crippen LogP contribution in [0.4, 0.5) is 10.2 Å². The number of hydrogen-bond donors (Lipinski definition) is 1. The van der Waals surface area contributed by atoms with Crippen molar-refractivity contribution in [1.29, 1.82) is 0 Å². The highest BCUT2D eigenvalue weighted by atomic mass is 19.1. The second kappa shape index (κ2) is 12.7. The smallest absolute Gasteiger partial charge is 0.237 e. The minimum atomic E-state index is -0.470. The van der Waals surface area contributed by atoms with Gasteiger partial charge in [0.1, 0.15) is 25.4 Å². The molecule has 0 spiro atoms. The van der Waals surface area contributed by atoms with Crippen LogP contribution in [0.3, 0.4) is 0 Å². The molecule has 0 saturated carbocycles. The van der Waals surface area contributed by atoms with Crippen molar-refractivity contribution in [3.63, 3.8) is 0 Å². The lowest BCUT2D eigenvalue weighted by Gasteiger charge is -2.38. The summed E-state index contributed by atoms with van der Waals surface area (Å²) in [4.78, 5) is 31.5. The first-order valence-corrected chi connectivity index (χ1v) is 14.3. The first-order valence-electron chi connectivity index (χ1n) is 14.3. The van der Waals surface area contributed by atoms with Crippen molar-refractivity contribution in [1.82, 2.24) is 29.7 Å². The number of benzene rings is 2. The highest BCUT2D eigenvalue weighted by Crippen LogP contribution is 2.32. The van der Waals surface area contributed by atoms with Crippen LogP contribution in [0, 0.1) is 12.7 Å². The van der Waals surface area contributed by atoms with E-state index in [0.717, 1.165) is 23.6 Å². The molecule has 1 amide bonds. The quantitative estimate of drug-likeness (QED) is 0.316. The summed E-state index contributed by atoms with van der Waals surface area (Å²) < 4.78 is 32.9. The molecule has 224 valence electrons. The summed E-state index contributed by atoms with van der Waals surface area (Å²) in [6, 6.07) is 12.3. The van der Waals surface area contributed by atoms with E-state index >= 15 is 0 Å². The van der Waals surface area contributed by atoms with Gasteiger partial charge in [-0.1, -0.05) is 12.1 Å². The molecule has 2 aliphatic heterocycles. The Morgan fingerprint density at radius 1 is 1.09 bits per heavy atom. The number of imidazole rings is 1. The molecule has 6 rings (SSSR count). The SMILES string of the molecule is COc1ccc(CN(Cc2ccc3c(c2)OCCO3)C(=O)CC2CNCCN2c2cc(C)nc(-n3ccnc3)n2)cc1F. The lowest BCUT2D eigenvalue weighted by Crippen LogP contribution is -2.53. The molecule has 0 radical (unpaired) electrons. The fourth-order valence-corrected chi connectivity index (χ4v) is 5.42. The predicted octanol–water partition coefficient (Wildman–Crippen LogP) is 3.29. The summed E-state index contributed by atoms with van der Waals surface area (Å²) >= 11 is 0. The number of methoxy groups -OCH3 is 1. The molecule has 4 aromatic rings. The highest BCUT2D eigenvalue weighted by molar-refractivity contribution is 5.77. The Kier molecular flexibility index (Phi) is 8.36. The van der Waals surface area contributed by atoms with E-state index in [4.69, 9.17) is 19.2 Å². The van der Waals surface area contributed by atoms with Gasteiger partial charge < -0.3 is 29.3 Å². The number of halogens is 1. The Hall–Kier alpha value is -4.71. The van der Waals surface area contributed by atoms with E-state index in [1.807, 2.05) is 31.2 Å². The Labute approximate surface area is 249 Å². The molecule has 1 N–H and O–H groups in total. The van der Waals surface area contributed by atoms with Crippen LogP contribution in [-0.2, 0) is 17.9 Å². The number of fused-ring (bicyclic) bond motifs is 1. The lowest BCUT2D eigenvalue weighted by atomic mass is 10.1. The zero-order valence-corrected chi connectivity index (χ0v) is 24.2. The molecule has 0 bridgehead atoms. The third kappa shape index (κ3) is 6.54. The van der Waals surface area contributed by atoms with Crippen molar-refractivity contribution in [2.45, 2.75) is 32.5 Å². The van der Waals surface area contributed by atoms with Gasteiger partial charge in [-0.2, -0.15) is 4.98 Å². The van der Waals surface area contributed by atoms with Crippen LogP contribution in [0.5, 0.6) is 17.2 Å². The topological polar surface area (TPSA) is 107 Å². The number of carbonyl (C=O) groups excluding carboxylic acids is 1. The molecule has 2 aliphatic rings. The number of aryl methyl sites for hydroxylation is 1. The summed E-state index contributed by atoms with van der Waals surface area (Å²) in [5.41, 5.74) is 2.37. The van der Waals surface area contributed by atoms with E-state index in [0.29, 0.717) is 55.9 Å². The predicted molar refractivity (Wildman–Crippen MR) is 157 cm³/mol. The average molecular weight is 588 g/mol. The number of nitrogens with one attached hydrogen (secondary N) is 1. The molecule has 1 unspecified atom stereocenters. The first kappa shape index (κ1) is 28.4. The molecule has 1 atom stereocenters. The van der Waals surface area contributed by atoms with Gasteiger partial charge in [0.15, 0.2) is 23.1 Å². The van der Waals surface area contributed by atoms with E-state index in [1.54, 1.807) is 40.3 Å². The molecule has 1 saturated heterocycles. The minimum absolute atomic E-state index is 0.0644. The number of piperazine rings is 1. The third-order valence-corrected chi connectivity index (χ3v) is 7.54. The fourth-order valence-electron chi connectivity index (χ4n) is 5.42. The van der Waals surface area contributed by atoms with E-state index in [9.17, 15) is 9.18 Å². The maximum atomic E-state index is 14.6. The van der Waals surface area contributed by atoms with Crippen LogP contribution in [0.2, 0.25) is 0 Å². The Bertz CT molecular complexity index is 1580. The Balaban J connectivity index is 1.26. The molecule has 11 nitrogen and oxygen atoms in total. The molecule has 2 aromatic heterocycles. The number of amides is 1. The summed E-state index contributed by atoms with van der Waals surface area (Å²) in [5.74, 6) is 2.25. The molecule has 0 aliphatic carbocycles. The normalized spacial score (nSPS) is 16.2. The molecule has 1 fully saturated rings. The van der Waals surface area contributed by atoms with Crippen molar-refractivity contribution < 1.29 is 23.4 Å². The van der Waals surface area contributed by atoms with Crippen molar-refractivity contribution in [3.05, 3.63) is 83.8 Å². The zero-order valence-electron chi connectivity index (χ0n) is 24.2. The van der Waals surface area contributed by atoms with Crippen LogP contribution in [-0.4, -0.2) is 76.3 Å². The summed E-state index contributed by atoms with van der Waals surface area (Å²) in [7, 11) is 1.43. The van der Waals surface area contributed by atoms with Crippen molar-refractivity contribution >= 4 is 11.7 Å². The van der Waals surface area contributed by atoms with Gasteiger partial charge in [0.05, 0.1) is 13.2 Å². The number of rotatable bonds is 9. The maximum Gasteiger partial charge on any atom is 0.237 e. The molecular weight excluding hydrogens is 553 g/mol. The van der Waals surface area contributed by atoms with Crippen molar-refractivity contribution in [2.24, 2.45) is 0 Å². The summed E-state index contributed by atoms with van der Waals surface area (Å²) in [6.45, 7) is 5.51. The van der Waals surface area contributed by atoms with Gasteiger partial charge in [0.2, 0.25) is 11.9 Å². The molecular formula is C31H34FN7O4. The van der Waals surface area contributed by atoms with Gasteiger partial charge in [0, 0.05) is 63.3 Å². The Morgan fingerprint density at radius 3 is 2.65 bits per heavy atom. The van der Waals surface area contributed by atoms with Gasteiger partial charge in [-0.25, -0.2) is 14.4 Å². The second-order valence-electron chi connectivity index (χ2n) is 10.6. The lowest BCUT2D eigenvalue weighted by molar-refractivity contribution is -0.132. The Morgan fingerprint density at radius 2 is 1.88 bits per heavy atom. The number of carbonyl (C=O) groups is 1. The van der Waals surface area contributed by atoms with Gasteiger partial charge in [-0.15, -0.1) is 0 Å². The number of aromatic nitrogens is 4. The van der Waals surface area contributed by atoms with Crippen LogP contribution in [0.15, 0.2) is 61.2 Å². The second-order valence-corrected chi connectivity index (χ2v) is 10.6. The minimum Gasteiger partial charge on any atom is -0.494 e. The number of nitrogens with zero attached hydrogens (tertiary/aromatic N) is 6. The van der Waals surface area contributed by atoms with Crippen LogP contribution < -0.4 is 24.4 Å². The average Bonchev–Trinajstić information content (AvgIpc) is 3.56. The van der Waals surface area contributed by atoms with Crippen LogP contribution >= 0.6 is 0 Å². The standard InChI is InChI=1S/C31H34FN7O4/c1-21-13-29(36-31(35-21)37-9-7-34-20-37)39-10-8-33-17-24(39)16-30(40)38(18-22-3-5-26(41-2)25(32)14-22)19-23-4-6-27-28(15-23)43-12-11-42-27/h3-7,9,13-15,20,24,33H,8,10-12,16-19H2,1-2H3. The van der Waals surface area contributed by atoms with Gasteiger partial charge >= 0.3 is 0 Å². The van der Waals surface area contributed by atoms with Crippen LogP contribution in [0.1, 0.15) is 23.2 Å². The zero-order chi connectivity index (χ0) is 29.8. The van der Waals surface area contributed by atoms with Gasteiger partial charge in [-0.3, -0.25) is 9.36 Å². The molecule has 12 heteroatoms. The van der Waals surface area contributed by atoms with Crippen molar-refractivity contribution in [2.75, 3.05) is 44.9 Å². The third-order valence-electron chi connectivity index (χ3n) is 7.54. The molecule has 2 aromatic carbocycles. The van der Waals surface area contributed by atoms with Gasteiger partial charge in [0.25, 0.3) is 0 Å². The van der Waals surface area contributed by atoms with Crippen molar-refractivity contribution in [3.8, 4) is 23.2 Å². The maximum absolute atomic E-state index is 14.6. The number of hydrogen-bond acceptors (Lipinski definition) is 9. The van der Waals surface area contributed by atoms with Crippen LogP contribution in [0.25, 0.3) is 5.95 Å². The largest absolute Gasteiger partial charge is 0.494 e. The number of anilines is 1. The van der Waals surface area contributed by atoms with E-state index < -0.39 is 5.82 Å². The van der Waals surface area contributed by atoms with E-state index in [1.165, 1.54) is 13.2 Å². The number of ether oxygens (including phenoxy) is 3. The highest BCUT2D eigenvalue weighted by Gasteiger charge is 2.29. The fraction of sp³-hybridized carbons (Fsp3) is 0.355. The van der Waals surface area contributed by atoms with Gasteiger partial charge in [-0.05, 0) is 42.3 Å². The molecule has 4 heterocycles. The molecule has 43 heavy (non-hydrogen) atoms. The summed E-state index contributed by atoms with van der Waals surface area (Å²) in [6.07, 6.45) is 5.38. The van der Waals surface area contributed by atoms with E-state index in [2.05, 4.69) is 20.2 Å². The monoisotopic (exact) mass is 587 g/mol. The first-order chi connectivity index (χ1) is 21.0. The summed E-state index contributed by atoms with van der Waals surface area (Å²) in [5, 5.41) is 3.42. The van der Waals surface area contributed by atoms with E-state index in [-0.39, 0.29) is 30.7 Å².